The largest absolute Gasteiger partial charge is 0.495 e. The molecule has 2 aromatic rings. The van der Waals surface area contributed by atoms with Crippen LogP contribution in [0.3, 0.4) is 0 Å². The van der Waals surface area contributed by atoms with Gasteiger partial charge in [0, 0.05) is 5.69 Å². The van der Waals surface area contributed by atoms with E-state index in [9.17, 15) is 9.59 Å². The molecule has 27 heavy (non-hydrogen) atoms. The molecule has 1 amide bonds. The smallest absolute Gasteiger partial charge is 0.348 e. The van der Waals surface area contributed by atoms with E-state index in [1.165, 1.54) is 14.0 Å². The summed E-state index contributed by atoms with van der Waals surface area (Å²) in [6.07, 6.45) is -1.37. The van der Waals surface area contributed by atoms with Gasteiger partial charge in [-0.15, -0.1) is 0 Å². The van der Waals surface area contributed by atoms with Crippen LogP contribution in [0.2, 0.25) is 5.02 Å². The summed E-state index contributed by atoms with van der Waals surface area (Å²) < 4.78 is 15.9. The molecule has 0 saturated heterocycles. The zero-order valence-electron chi connectivity index (χ0n) is 15.4. The average Bonchev–Trinajstić information content (AvgIpc) is 2.66. The van der Waals surface area contributed by atoms with Gasteiger partial charge in [0.1, 0.15) is 11.5 Å². The molecule has 6 nitrogen and oxygen atoms in total. The van der Waals surface area contributed by atoms with E-state index in [-0.39, 0.29) is 0 Å². The standard InChI is InChI=1S/C20H22ClNO5/c1-4-17(27-15-8-6-5-7-9-15)20(24)26-13(2)19(23)22-14-10-11-18(25-3)16(21)12-14/h5-13,17H,4H2,1-3H3,(H,22,23)/t13-,17+/m0/s1. The summed E-state index contributed by atoms with van der Waals surface area (Å²) in [5, 5.41) is 3.01. The maximum absolute atomic E-state index is 12.3. The quantitative estimate of drug-likeness (QED) is 0.686. The van der Waals surface area contributed by atoms with E-state index < -0.39 is 24.1 Å². The van der Waals surface area contributed by atoms with Gasteiger partial charge in [0.25, 0.3) is 5.91 Å². The van der Waals surface area contributed by atoms with Crippen LogP contribution in [-0.2, 0) is 14.3 Å². The molecule has 0 saturated carbocycles. The van der Waals surface area contributed by atoms with E-state index in [1.54, 1.807) is 37.3 Å². The minimum atomic E-state index is -0.994. The molecule has 2 rings (SSSR count). The number of carbonyl (C=O) groups is 2. The predicted octanol–water partition coefficient (Wildman–Crippen LogP) is 4.08. The first-order valence-corrected chi connectivity index (χ1v) is 8.89. The van der Waals surface area contributed by atoms with E-state index in [0.717, 1.165) is 0 Å². The number of hydrogen-bond donors (Lipinski definition) is 1. The number of methoxy groups -OCH3 is 1. The molecule has 0 unspecified atom stereocenters. The van der Waals surface area contributed by atoms with Crippen LogP contribution in [0.5, 0.6) is 11.5 Å². The van der Waals surface area contributed by atoms with Crippen LogP contribution in [0, 0.1) is 0 Å². The Balaban J connectivity index is 1.93. The number of anilines is 1. The van der Waals surface area contributed by atoms with E-state index in [0.29, 0.717) is 28.6 Å². The Morgan fingerprint density at radius 1 is 1.15 bits per heavy atom. The zero-order valence-corrected chi connectivity index (χ0v) is 16.2. The molecule has 0 bridgehead atoms. The second-order valence-electron chi connectivity index (χ2n) is 5.75. The fourth-order valence-corrected chi connectivity index (χ4v) is 2.51. The molecule has 1 N–H and O–H groups in total. The normalized spacial score (nSPS) is 12.6. The Morgan fingerprint density at radius 2 is 1.85 bits per heavy atom. The SMILES string of the molecule is CC[C@@H](Oc1ccccc1)C(=O)O[C@@H](C)C(=O)Nc1ccc(OC)c(Cl)c1. The predicted molar refractivity (Wildman–Crippen MR) is 103 cm³/mol. The third kappa shape index (κ3) is 5.89. The van der Waals surface area contributed by atoms with Gasteiger partial charge >= 0.3 is 5.97 Å². The summed E-state index contributed by atoms with van der Waals surface area (Å²) in [4.78, 5) is 24.6. The minimum Gasteiger partial charge on any atom is -0.495 e. The number of nitrogens with one attached hydrogen (secondary N) is 1. The molecule has 0 radical (unpaired) electrons. The maximum Gasteiger partial charge on any atom is 0.348 e. The minimum absolute atomic E-state index is 0.363. The van der Waals surface area contributed by atoms with Crippen LogP contribution in [0.25, 0.3) is 0 Å². The molecular formula is C20H22ClNO5. The van der Waals surface area contributed by atoms with Crippen molar-refractivity contribution in [2.24, 2.45) is 0 Å². The van der Waals surface area contributed by atoms with Gasteiger partial charge in [-0.25, -0.2) is 4.79 Å². The molecule has 2 aromatic carbocycles. The lowest BCUT2D eigenvalue weighted by atomic mass is 10.2. The molecule has 7 heteroatoms. The van der Waals surface area contributed by atoms with Gasteiger partial charge in [-0.1, -0.05) is 36.7 Å². The van der Waals surface area contributed by atoms with Crippen molar-refractivity contribution in [3.63, 3.8) is 0 Å². The fourth-order valence-electron chi connectivity index (χ4n) is 2.25. The third-order valence-electron chi connectivity index (χ3n) is 3.74. The van der Waals surface area contributed by atoms with Gasteiger partial charge in [0.05, 0.1) is 12.1 Å². The lowest BCUT2D eigenvalue weighted by molar-refractivity contribution is -0.160. The van der Waals surface area contributed by atoms with Crippen molar-refractivity contribution in [3.05, 3.63) is 53.6 Å². The van der Waals surface area contributed by atoms with E-state index in [2.05, 4.69) is 5.32 Å². The Hall–Kier alpha value is -2.73. The summed E-state index contributed by atoms with van der Waals surface area (Å²) in [5.41, 5.74) is 0.473. The molecule has 0 heterocycles. The summed E-state index contributed by atoms with van der Waals surface area (Å²) >= 11 is 6.04. The van der Waals surface area contributed by atoms with Gasteiger partial charge in [0.15, 0.2) is 12.2 Å². The van der Waals surface area contributed by atoms with Gasteiger partial charge in [-0.05, 0) is 43.7 Å². The van der Waals surface area contributed by atoms with Crippen LogP contribution in [0.4, 0.5) is 5.69 Å². The van der Waals surface area contributed by atoms with E-state index in [4.69, 9.17) is 25.8 Å². The Morgan fingerprint density at radius 3 is 2.44 bits per heavy atom. The summed E-state index contributed by atoms with van der Waals surface area (Å²) in [7, 11) is 1.50. The number of amides is 1. The molecule has 0 aliphatic rings. The number of esters is 1. The van der Waals surface area contributed by atoms with Crippen LogP contribution in [0.15, 0.2) is 48.5 Å². The number of para-hydroxylation sites is 1. The van der Waals surface area contributed by atoms with Gasteiger partial charge in [-0.3, -0.25) is 4.79 Å². The summed E-state index contributed by atoms with van der Waals surface area (Å²) in [6, 6.07) is 13.8. The zero-order chi connectivity index (χ0) is 19.8. The van der Waals surface area contributed by atoms with Crippen molar-refractivity contribution in [3.8, 4) is 11.5 Å². The van der Waals surface area contributed by atoms with Crippen molar-refractivity contribution >= 4 is 29.2 Å². The Labute approximate surface area is 163 Å². The molecule has 0 aromatic heterocycles. The van der Waals surface area contributed by atoms with Crippen molar-refractivity contribution < 1.29 is 23.8 Å². The lowest BCUT2D eigenvalue weighted by Gasteiger charge is -2.19. The molecule has 0 fully saturated rings. The highest BCUT2D eigenvalue weighted by Gasteiger charge is 2.25. The van der Waals surface area contributed by atoms with Crippen molar-refractivity contribution in [2.75, 3.05) is 12.4 Å². The van der Waals surface area contributed by atoms with Crippen LogP contribution >= 0.6 is 11.6 Å². The van der Waals surface area contributed by atoms with E-state index >= 15 is 0 Å². The topological polar surface area (TPSA) is 73.9 Å². The molecule has 2 atom stereocenters. The second-order valence-corrected chi connectivity index (χ2v) is 6.15. The van der Waals surface area contributed by atoms with Crippen molar-refractivity contribution in [2.45, 2.75) is 32.5 Å². The third-order valence-corrected chi connectivity index (χ3v) is 4.03. The van der Waals surface area contributed by atoms with Crippen LogP contribution in [0.1, 0.15) is 20.3 Å². The number of hydrogen-bond acceptors (Lipinski definition) is 5. The van der Waals surface area contributed by atoms with Crippen LogP contribution in [-0.4, -0.2) is 31.2 Å². The Bertz CT molecular complexity index is 781. The molecule has 0 aliphatic heterocycles. The second kappa shape index (κ2) is 9.83. The number of rotatable bonds is 8. The first-order valence-electron chi connectivity index (χ1n) is 8.51. The summed E-state index contributed by atoms with van der Waals surface area (Å²) in [5.74, 6) is -0.0137. The number of carbonyl (C=O) groups excluding carboxylic acids is 2. The highest BCUT2D eigenvalue weighted by molar-refractivity contribution is 6.32. The van der Waals surface area contributed by atoms with Gasteiger partial charge in [-0.2, -0.15) is 0 Å². The maximum atomic E-state index is 12.3. The average molecular weight is 392 g/mol. The van der Waals surface area contributed by atoms with Crippen LogP contribution < -0.4 is 14.8 Å². The fraction of sp³-hybridized carbons (Fsp3) is 0.300. The molecule has 144 valence electrons. The number of benzene rings is 2. The highest BCUT2D eigenvalue weighted by atomic mass is 35.5. The molecule has 0 spiro atoms. The Kier molecular flexibility index (Phi) is 7.49. The summed E-state index contributed by atoms with van der Waals surface area (Å²) in [6.45, 7) is 3.30. The highest BCUT2D eigenvalue weighted by Crippen LogP contribution is 2.27. The monoisotopic (exact) mass is 391 g/mol. The first-order chi connectivity index (χ1) is 12.9. The lowest BCUT2D eigenvalue weighted by Crippen LogP contribution is -2.36. The molecular weight excluding hydrogens is 370 g/mol. The van der Waals surface area contributed by atoms with Crippen molar-refractivity contribution in [1.82, 2.24) is 0 Å². The molecule has 0 aliphatic carbocycles. The van der Waals surface area contributed by atoms with Gasteiger partial charge in [0.2, 0.25) is 0 Å². The van der Waals surface area contributed by atoms with Crippen molar-refractivity contribution in [1.29, 1.82) is 0 Å². The number of ether oxygens (including phenoxy) is 3. The van der Waals surface area contributed by atoms with Gasteiger partial charge < -0.3 is 19.5 Å². The number of halogens is 1. The van der Waals surface area contributed by atoms with E-state index in [1.807, 2.05) is 18.2 Å². The first kappa shape index (κ1) is 20.6.